The van der Waals surface area contributed by atoms with Gasteiger partial charge in [0.05, 0.1) is 18.4 Å². The van der Waals surface area contributed by atoms with Crippen LogP contribution in [0, 0.1) is 0 Å². The molecule has 0 radical (unpaired) electrons. The molecule has 2 N–H and O–H groups in total. The molecular weight excluding hydrogens is 284 g/mol. The molecule has 0 aliphatic heterocycles. The number of aromatic nitrogens is 3. The predicted octanol–water partition coefficient (Wildman–Crippen LogP) is 1.70. The number of anilines is 1. The van der Waals surface area contributed by atoms with Crippen molar-refractivity contribution in [3.8, 4) is 0 Å². The van der Waals surface area contributed by atoms with Gasteiger partial charge in [-0.3, -0.25) is 4.79 Å². The second-order valence-electron chi connectivity index (χ2n) is 4.05. The summed E-state index contributed by atoms with van der Waals surface area (Å²) < 4.78 is 4.66. The topological polar surface area (TPSA) is 97.0 Å². The third-order valence-electron chi connectivity index (χ3n) is 2.65. The fraction of sp³-hybridized carbons (Fsp3) is 0.333. The normalized spacial score (nSPS) is 10.5. The summed E-state index contributed by atoms with van der Waals surface area (Å²) in [6.45, 7) is 0. The number of amides is 1. The fourth-order valence-corrected chi connectivity index (χ4v) is 1.86. The zero-order valence-electron chi connectivity index (χ0n) is 10.8. The number of carbonyl (C=O) groups excluding carboxylic acids is 2. The van der Waals surface area contributed by atoms with Crippen LogP contribution in [0.15, 0.2) is 12.1 Å². The van der Waals surface area contributed by atoms with Gasteiger partial charge in [-0.25, -0.2) is 4.79 Å². The van der Waals surface area contributed by atoms with E-state index in [-0.39, 0.29) is 5.91 Å². The second-order valence-corrected chi connectivity index (χ2v) is 4.43. The van der Waals surface area contributed by atoms with Crippen molar-refractivity contribution in [2.45, 2.75) is 12.8 Å². The Morgan fingerprint density at radius 3 is 2.90 bits per heavy atom. The Labute approximate surface area is 119 Å². The van der Waals surface area contributed by atoms with E-state index in [0.717, 1.165) is 0 Å². The van der Waals surface area contributed by atoms with E-state index in [0.29, 0.717) is 41.0 Å². The van der Waals surface area contributed by atoms with Crippen LogP contribution in [0.3, 0.4) is 0 Å². The number of alkyl halides is 1. The summed E-state index contributed by atoms with van der Waals surface area (Å²) in [6.07, 6.45) is 0.872. The lowest BCUT2D eigenvalue weighted by Crippen LogP contribution is -2.12. The number of ether oxygens (including phenoxy) is 1. The Kier molecular flexibility index (Phi) is 4.52. The number of aromatic amines is 1. The van der Waals surface area contributed by atoms with E-state index in [4.69, 9.17) is 11.6 Å². The van der Waals surface area contributed by atoms with Crippen LogP contribution in [0.5, 0.6) is 0 Å². The first-order valence-electron chi connectivity index (χ1n) is 5.94. The summed E-state index contributed by atoms with van der Waals surface area (Å²) in [5.74, 6) is -0.294. The number of nitrogens with zero attached hydrogens (tertiary/aromatic N) is 2. The summed E-state index contributed by atoms with van der Waals surface area (Å²) in [6, 6.07) is 3.05. The molecule has 1 aromatic heterocycles. The number of benzene rings is 1. The molecule has 2 aromatic rings. The minimum atomic E-state index is -0.508. The van der Waals surface area contributed by atoms with Crippen molar-refractivity contribution in [1.29, 1.82) is 0 Å². The van der Waals surface area contributed by atoms with E-state index in [1.807, 2.05) is 0 Å². The summed E-state index contributed by atoms with van der Waals surface area (Å²) in [4.78, 5) is 23.3. The standard InChI is InChI=1S/C12H13ClN4O3/c1-20-12(19)7-5-8(14-10(18)3-2-4-13)11-9(6-7)15-17-16-11/h5-6H,2-4H2,1H3,(H,14,18)(H,15,16,17). The second kappa shape index (κ2) is 6.33. The van der Waals surface area contributed by atoms with Gasteiger partial charge in [-0.1, -0.05) is 0 Å². The van der Waals surface area contributed by atoms with Gasteiger partial charge >= 0.3 is 5.97 Å². The Morgan fingerprint density at radius 1 is 1.40 bits per heavy atom. The third-order valence-corrected chi connectivity index (χ3v) is 2.92. The molecule has 0 spiro atoms. The number of halogens is 1. The van der Waals surface area contributed by atoms with Crippen LogP contribution in [0.4, 0.5) is 5.69 Å². The third kappa shape index (κ3) is 3.05. The monoisotopic (exact) mass is 296 g/mol. The number of carbonyl (C=O) groups is 2. The number of rotatable bonds is 5. The largest absolute Gasteiger partial charge is 0.465 e. The van der Waals surface area contributed by atoms with Crippen molar-refractivity contribution in [2.24, 2.45) is 0 Å². The number of esters is 1. The van der Waals surface area contributed by atoms with Crippen LogP contribution in [-0.4, -0.2) is 40.3 Å². The lowest BCUT2D eigenvalue weighted by atomic mass is 10.1. The maximum atomic E-state index is 11.7. The van der Waals surface area contributed by atoms with Crippen molar-refractivity contribution in [3.05, 3.63) is 17.7 Å². The molecule has 0 aliphatic rings. The van der Waals surface area contributed by atoms with Gasteiger partial charge in [-0.2, -0.15) is 15.4 Å². The molecule has 0 fully saturated rings. The minimum absolute atomic E-state index is 0.197. The Hall–Kier alpha value is -2.15. The molecule has 0 atom stereocenters. The van der Waals surface area contributed by atoms with Gasteiger partial charge in [0.2, 0.25) is 5.91 Å². The van der Waals surface area contributed by atoms with Gasteiger partial charge in [-0.15, -0.1) is 11.6 Å². The van der Waals surface area contributed by atoms with E-state index in [9.17, 15) is 9.59 Å². The molecule has 0 saturated carbocycles. The van der Waals surface area contributed by atoms with Crippen LogP contribution in [-0.2, 0) is 9.53 Å². The maximum Gasteiger partial charge on any atom is 0.338 e. The van der Waals surface area contributed by atoms with Gasteiger partial charge in [0.1, 0.15) is 11.0 Å². The van der Waals surface area contributed by atoms with Gasteiger partial charge in [-0.05, 0) is 18.6 Å². The molecule has 8 heteroatoms. The van der Waals surface area contributed by atoms with Gasteiger partial charge in [0.25, 0.3) is 0 Å². The lowest BCUT2D eigenvalue weighted by Gasteiger charge is -2.07. The fourth-order valence-electron chi connectivity index (χ4n) is 1.72. The molecule has 0 saturated heterocycles. The smallest absolute Gasteiger partial charge is 0.338 e. The molecular formula is C12H13ClN4O3. The van der Waals surface area contributed by atoms with E-state index < -0.39 is 5.97 Å². The van der Waals surface area contributed by atoms with Crippen LogP contribution in [0.2, 0.25) is 0 Å². The first-order chi connectivity index (χ1) is 9.65. The molecule has 0 unspecified atom stereocenters. The highest BCUT2D eigenvalue weighted by Crippen LogP contribution is 2.22. The van der Waals surface area contributed by atoms with Gasteiger partial charge in [0, 0.05) is 12.3 Å². The van der Waals surface area contributed by atoms with Crippen LogP contribution >= 0.6 is 11.6 Å². The van der Waals surface area contributed by atoms with Crippen molar-refractivity contribution in [3.63, 3.8) is 0 Å². The highest BCUT2D eigenvalue weighted by Gasteiger charge is 2.14. The molecule has 2 rings (SSSR count). The molecule has 20 heavy (non-hydrogen) atoms. The number of H-pyrrole nitrogens is 1. The average molecular weight is 297 g/mol. The van der Waals surface area contributed by atoms with Crippen LogP contribution < -0.4 is 5.32 Å². The summed E-state index contributed by atoms with van der Waals surface area (Å²) in [5.41, 5.74) is 1.66. The molecule has 0 aliphatic carbocycles. The zero-order valence-corrected chi connectivity index (χ0v) is 11.5. The number of fused-ring (bicyclic) bond motifs is 1. The first kappa shape index (κ1) is 14.3. The number of hydrogen-bond donors (Lipinski definition) is 2. The molecule has 106 valence electrons. The zero-order chi connectivity index (χ0) is 14.5. The van der Waals surface area contributed by atoms with Gasteiger partial charge < -0.3 is 10.1 Å². The molecule has 1 aromatic carbocycles. The maximum absolute atomic E-state index is 11.7. The van der Waals surface area contributed by atoms with E-state index >= 15 is 0 Å². The van der Waals surface area contributed by atoms with Crippen molar-refractivity contribution in [1.82, 2.24) is 15.4 Å². The molecule has 0 bridgehead atoms. The van der Waals surface area contributed by atoms with E-state index in [2.05, 4.69) is 25.5 Å². The van der Waals surface area contributed by atoms with Crippen LogP contribution in [0.1, 0.15) is 23.2 Å². The predicted molar refractivity (Wildman–Crippen MR) is 73.8 cm³/mol. The number of methoxy groups -OCH3 is 1. The minimum Gasteiger partial charge on any atom is -0.465 e. The van der Waals surface area contributed by atoms with Crippen LogP contribution in [0.25, 0.3) is 11.0 Å². The van der Waals surface area contributed by atoms with E-state index in [1.165, 1.54) is 13.2 Å². The number of hydrogen-bond acceptors (Lipinski definition) is 5. The lowest BCUT2D eigenvalue weighted by molar-refractivity contribution is -0.116. The SMILES string of the molecule is COC(=O)c1cc(NC(=O)CCCCl)c2n[nH]nc2c1. The van der Waals surface area contributed by atoms with E-state index in [1.54, 1.807) is 6.07 Å². The summed E-state index contributed by atoms with van der Waals surface area (Å²) in [5, 5.41) is 13.0. The Balaban J connectivity index is 2.32. The molecule has 1 amide bonds. The average Bonchev–Trinajstić information content (AvgIpc) is 2.92. The van der Waals surface area contributed by atoms with Gasteiger partial charge in [0.15, 0.2) is 0 Å². The highest BCUT2D eigenvalue weighted by molar-refractivity contribution is 6.18. The van der Waals surface area contributed by atoms with Crippen molar-refractivity contribution in [2.75, 3.05) is 18.3 Å². The Bertz CT molecular complexity index is 641. The Morgan fingerprint density at radius 2 is 2.20 bits per heavy atom. The highest BCUT2D eigenvalue weighted by atomic mass is 35.5. The van der Waals surface area contributed by atoms with Crippen molar-refractivity contribution < 1.29 is 14.3 Å². The first-order valence-corrected chi connectivity index (χ1v) is 6.48. The number of nitrogens with one attached hydrogen (secondary N) is 2. The molecule has 7 nitrogen and oxygen atoms in total. The summed E-state index contributed by atoms with van der Waals surface area (Å²) >= 11 is 5.54. The van der Waals surface area contributed by atoms with Crippen molar-refractivity contribution >= 4 is 40.2 Å². The quantitative estimate of drug-likeness (QED) is 0.646. The summed E-state index contributed by atoms with van der Waals surface area (Å²) in [7, 11) is 1.29. The molecule has 1 heterocycles.